The number of rotatable bonds is 2. The minimum Gasteiger partial charge on any atom is -0.375 e. The van der Waals surface area contributed by atoms with E-state index in [0.717, 1.165) is 31.1 Å². The van der Waals surface area contributed by atoms with E-state index in [0.29, 0.717) is 6.04 Å². The Labute approximate surface area is 108 Å². The largest absolute Gasteiger partial charge is 0.375 e. The van der Waals surface area contributed by atoms with E-state index < -0.39 is 0 Å². The van der Waals surface area contributed by atoms with Gasteiger partial charge in [0.1, 0.15) is 11.6 Å². The Morgan fingerprint density at radius 3 is 3.00 bits per heavy atom. The zero-order valence-corrected chi connectivity index (χ0v) is 11.0. The van der Waals surface area contributed by atoms with Crippen molar-refractivity contribution in [2.45, 2.75) is 57.1 Å². The first kappa shape index (κ1) is 11.9. The Bertz CT molecular complexity index is 415. The van der Waals surface area contributed by atoms with Crippen molar-refractivity contribution in [3.63, 3.8) is 0 Å². The molecule has 0 aromatic carbocycles. The van der Waals surface area contributed by atoms with Crippen molar-refractivity contribution >= 4 is 5.82 Å². The first-order valence-corrected chi connectivity index (χ1v) is 6.96. The van der Waals surface area contributed by atoms with Gasteiger partial charge < -0.3 is 10.1 Å². The number of nitrogens with one attached hydrogen (secondary N) is 1. The lowest BCUT2D eigenvalue weighted by atomic mass is 9.89. The van der Waals surface area contributed by atoms with Gasteiger partial charge in [-0.3, -0.25) is 0 Å². The van der Waals surface area contributed by atoms with Gasteiger partial charge in [-0.15, -0.1) is 0 Å². The molecule has 1 aromatic heterocycles. The third kappa shape index (κ3) is 2.48. The molecular formula is C14H21N3O. The Balaban J connectivity index is 1.66. The van der Waals surface area contributed by atoms with Crippen LogP contribution in [0, 0.1) is 6.92 Å². The van der Waals surface area contributed by atoms with Gasteiger partial charge in [0, 0.05) is 18.8 Å². The molecule has 0 radical (unpaired) electrons. The van der Waals surface area contributed by atoms with Crippen molar-refractivity contribution < 1.29 is 4.74 Å². The summed E-state index contributed by atoms with van der Waals surface area (Å²) in [5.74, 6) is 1.77. The van der Waals surface area contributed by atoms with Crippen molar-refractivity contribution in [2.75, 3.05) is 11.9 Å². The average molecular weight is 247 g/mol. The van der Waals surface area contributed by atoms with Crippen LogP contribution in [-0.4, -0.2) is 28.2 Å². The molecule has 0 bridgehead atoms. The molecule has 1 saturated heterocycles. The molecule has 1 aromatic rings. The number of nitrogens with zero attached hydrogens (tertiary/aromatic N) is 2. The van der Waals surface area contributed by atoms with E-state index >= 15 is 0 Å². The molecule has 1 N–H and O–H groups in total. The van der Waals surface area contributed by atoms with Gasteiger partial charge in [-0.2, -0.15) is 0 Å². The van der Waals surface area contributed by atoms with Gasteiger partial charge >= 0.3 is 0 Å². The lowest BCUT2D eigenvalue weighted by Crippen LogP contribution is -2.42. The average Bonchev–Trinajstić information content (AvgIpc) is 2.77. The fraction of sp³-hybridized carbons (Fsp3) is 0.714. The maximum absolute atomic E-state index is 6.05. The predicted octanol–water partition coefficient (Wildman–Crippen LogP) is 2.69. The molecule has 1 aliphatic carbocycles. The van der Waals surface area contributed by atoms with E-state index in [4.69, 9.17) is 4.74 Å². The Morgan fingerprint density at radius 2 is 2.22 bits per heavy atom. The normalized spacial score (nSPS) is 26.4. The smallest absolute Gasteiger partial charge is 0.129 e. The molecule has 18 heavy (non-hydrogen) atoms. The van der Waals surface area contributed by atoms with Gasteiger partial charge in [0.05, 0.1) is 5.60 Å². The fourth-order valence-electron chi connectivity index (χ4n) is 3.26. The number of hydrogen-bond donors (Lipinski definition) is 1. The maximum atomic E-state index is 6.05. The van der Waals surface area contributed by atoms with Crippen LogP contribution in [0.2, 0.25) is 0 Å². The van der Waals surface area contributed by atoms with E-state index in [1.165, 1.54) is 25.7 Å². The van der Waals surface area contributed by atoms with Crippen LogP contribution in [0.25, 0.3) is 0 Å². The van der Waals surface area contributed by atoms with Gasteiger partial charge in [0.2, 0.25) is 0 Å². The summed E-state index contributed by atoms with van der Waals surface area (Å²) in [5, 5.41) is 3.54. The van der Waals surface area contributed by atoms with E-state index in [2.05, 4.69) is 15.3 Å². The van der Waals surface area contributed by atoms with Crippen LogP contribution >= 0.6 is 0 Å². The summed E-state index contributed by atoms with van der Waals surface area (Å²) in [4.78, 5) is 8.55. The van der Waals surface area contributed by atoms with Crippen LogP contribution < -0.4 is 5.32 Å². The molecule has 2 aliphatic rings. The topological polar surface area (TPSA) is 47.0 Å². The quantitative estimate of drug-likeness (QED) is 0.873. The summed E-state index contributed by atoms with van der Waals surface area (Å²) in [7, 11) is 0. The standard InChI is InChI=1S/C14H21N3O/c1-11-15-8-4-13(16-11)17-12-5-9-18-14(10-12)6-2-3-7-14/h4,8,12H,2-3,5-7,9-10H2,1H3,(H,15,16,17). The molecule has 1 unspecified atom stereocenters. The molecular weight excluding hydrogens is 226 g/mol. The molecule has 1 saturated carbocycles. The van der Waals surface area contributed by atoms with Crippen molar-refractivity contribution in [1.82, 2.24) is 9.97 Å². The number of aryl methyl sites for hydroxylation is 1. The van der Waals surface area contributed by atoms with E-state index in [1.54, 1.807) is 0 Å². The highest BCUT2D eigenvalue weighted by molar-refractivity contribution is 5.34. The third-order valence-electron chi connectivity index (χ3n) is 4.14. The molecule has 4 nitrogen and oxygen atoms in total. The molecule has 1 aliphatic heterocycles. The van der Waals surface area contributed by atoms with Gasteiger partial charge in [-0.1, -0.05) is 12.8 Å². The number of anilines is 1. The lowest BCUT2D eigenvalue weighted by Gasteiger charge is -2.38. The van der Waals surface area contributed by atoms with Crippen LogP contribution in [0.1, 0.15) is 44.3 Å². The summed E-state index contributed by atoms with van der Waals surface area (Å²) in [6.07, 6.45) is 9.11. The molecule has 1 spiro atoms. The van der Waals surface area contributed by atoms with Crippen molar-refractivity contribution in [2.24, 2.45) is 0 Å². The molecule has 0 amide bonds. The van der Waals surface area contributed by atoms with Crippen LogP contribution in [0.4, 0.5) is 5.82 Å². The van der Waals surface area contributed by atoms with E-state index in [-0.39, 0.29) is 5.60 Å². The van der Waals surface area contributed by atoms with Crippen molar-refractivity contribution in [1.29, 1.82) is 0 Å². The van der Waals surface area contributed by atoms with Gasteiger partial charge in [-0.25, -0.2) is 9.97 Å². The van der Waals surface area contributed by atoms with Gasteiger partial charge in [0.15, 0.2) is 0 Å². The molecule has 4 heteroatoms. The zero-order valence-electron chi connectivity index (χ0n) is 11.0. The van der Waals surface area contributed by atoms with Crippen LogP contribution in [-0.2, 0) is 4.74 Å². The second-order valence-electron chi connectivity index (χ2n) is 5.56. The second kappa shape index (κ2) is 4.84. The highest BCUT2D eigenvalue weighted by Gasteiger charge is 2.39. The highest BCUT2D eigenvalue weighted by atomic mass is 16.5. The molecule has 2 fully saturated rings. The highest BCUT2D eigenvalue weighted by Crippen LogP contribution is 2.40. The van der Waals surface area contributed by atoms with Crippen LogP contribution in [0.15, 0.2) is 12.3 Å². The molecule has 98 valence electrons. The first-order chi connectivity index (χ1) is 8.76. The number of hydrogen-bond acceptors (Lipinski definition) is 4. The van der Waals surface area contributed by atoms with Crippen molar-refractivity contribution in [3.8, 4) is 0 Å². The van der Waals surface area contributed by atoms with Crippen LogP contribution in [0.3, 0.4) is 0 Å². The van der Waals surface area contributed by atoms with E-state index in [1.807, 2.05) is 19.2 Å². The van der Waals surface area contributed by atoms with Crippen LogP contribution in [0.5, 0.6) is 0 Å². The SMILES string of the molecule is Cc1nccc(NC2CCOC3(CCCC3)C2)n1. The summed E-state index contributed by atoms with van der Waals surface area (Å²) in [6, 6.07) is 2.44. The first-order valence-electron chi connectivity index (χ1n) is 6.96. The maximum Gasteiger partial charge on any atom is 0.129 e. The predicted molar refractivity (Wildman–Crippen MR) is 70.6 cm³/mol. The van der Waals surface area contributed by atoms with Gasteiger partial charge in [-0.05, 0) is 38.7 Å². The monoisotopic (exact) mass is 247 g/mol. The van der Waals surface area contributed by atoms with E-state index in [9.17, 15) is 0 Å². The van der Waals surface area contributed by atoms with Crippen molar-refractivity contribution in [3.05, 3.63) is 18.1 Å². The number of ether oxygens (including phenoxy) is 1. The summed E-state index contributed by atoms with van der Waals surface area (Å²) < 4.78 is 6.05. The summed E-state index contributed by atoms with van der Waals surface area (Å²) in [6.45, 7) is 2.80. The lowest BCUT2D eigenvalue weighted by molar-refractivity contribution is -0.0767. The zero-order chi connectivity index (χ0) is 12.4. The Morgan fingerprint density at radius 1 is 1.39 bits per heavy atom. The molecule has 3 rings (SSSR count). The second-order valence-corrected chi connectivity index (χ2v) is 5.56. The molecule has 2 heterocycles. The Hall–Kier alpha value is -1.16. The number of aromatic nitrogens is 2. The molecule has 1 atom stereocenters. The fourth-order valence-corrected chi connectivity index (χ4v) is 3.26. The third-order valence-corrected chi connectivity index (χ3v) is 4.14. The minimum atomic E-state index is 0.165. The minimum absolute atomic E-state index is 0.165. The summed E-state index contributed by atoms with van der Waals surface area (Å²) >= 11 is 0. The summed E-state index contributed by atoms with van der Waals surface area (Å²) in [5.41, 5.74) is 0.165. The Kier molecular flexibility index (Phi) is 3.20. The van der Waals surface area contributed by atoms with Gasteiger partial charge in [0.25, 0.3) is 0 Å².